The molecule has 1 aliphatic rings. The van der Waals surface area contributed by atoms with Gasteiger partial charge in [-0.1, -0.05) is 47.7 Å². The third kappa shape index (κ3) is 2.11. The quantitative estimate of drug-likeness (QED) is 0.480. The van der Waals surface area contributed by atoms with Crippen molar-refractivity contribution in [2.24, 2.45) is 5.84 Å². The third-order valence-corrected chi connectivity index (χ3v) is 5.29. The summed E-state index contributed by atoms with van der Waals surface area (Å²) in [5.74, 6) is 6.32. The van der Waals surface area contributed by atoms with E-state index < -0.39 is 0 Å². The number of aromatic nitrogens is 3. The second kappa shape index (κ2) is 5.56. The van der Waals surface area contributed by atoms with Crippen LogP contribution in [0.25, 0.3) is 22.5 Å². The van der Waals surface area contributed by atoms with Crippen molar-refractivity contribution < 1.29 is 0 Å². The number of anilines is 1. The maximum Gasteiger partial charge on any atom is 0.122 e. The summed E-state index contributed by atoms with van der Waals surface area (Å²) in [6.07, 6.45) is 0. The highest BCUT2D eigenvalue weighted by atomic mass is 127. The Bertz CT molecular complexity index is 847. The van der Waals surface area contributed by atoms with Gasteiger partial charge in [-0.2, -0.15) is 4.09 Å². The average Bonchev–Trinajstić information content (AvgIpc) is 2.97. The summed E-state index contributed by atoms with van der Waals surface area (Å²) in [6, 6.07) is 16.3. The van der Waals surface area contributed by atoms with E-state index in [9.17, 15) is 0 Å². The van der Waals surface area contributed by atoms with Crippen molar-refractivity contribution in [3.05, 3.63) is 54.1 Å². The van der Waals surface area contributed by atoms with Crippen LogP contribution in [-0.2, 0) is 6.54 Å². The van der Waals surface area contributed by atoms with Gasteiger partial charge in [0.2, 0.25) is 0 Å². The van der Waals surface area contributed by atoms with Crippen molar-refractivity contribution in [3.8, 4) is 22.5 Å². The Labute approximate surface area is 144 Å². The van der Waals surface area contributed by atoms with Crippen molar-refractivity contribution in [2.75, 3.05) is 5.01 Å². The molecular formula is C15H12IN5S. The highest BCUT2D eigenvalue weighted by molar-refractivity contribution is 14.2. The third-order valence-electron chi connectivity index (χ3n) is 3.79. The monoisotopic (exact) mass is 421 g/mol. The number of nitrogens with zero attached hydrogens (tertiary/aromatic N) is 4. The number of halogens is 1. The van der Waals surface area contributed by atoms with E-state index in [-0.39, 0.29) is 0 Å². The molecule has 0 atom stereocenters. The van der Waals surface area contributed by atoms with E-state index >= 15 is 0 Å². The lowest BCUT2D eigenvalue weighted by Crippen LogP contribution is -2.31. The molecule has 4 rings (SSSR count). The van der Waals surface area contributed by atoms with Crippen LogP contribution in [-0.4, -0.2) is 14.4 Å². The first kappa shape index (κ1) is 14.0. The predicted molar refractivity (Wildman–Crippen MR) is 98.3 cm³/mol. The van der Waals surface area contributed by atoms with Crippen LogP contribution >= 0.6 is 30.3 Å². The zero-order valence-corrected chi connectivity index (χ0v) is 14.5. The SMILES string of the molecule is NN1Cc2ccccc2-c2nnn(SI)c2-c2ccccc21. The molecule has 22 heavy (non-hydrogen) atoms. The standard InChI is InChI=1S/C15H12IN5S/c16-22-21-15-12-7-3-4-8-13(12)20(17)9-10-5-1-2-6-11(10)14(15)18-19-21/h1-8H,9,17H2. The molecular weight excluding hydrogens is 409 g/mol. The molecule has 0 aliphatic carbocycles. The first-order valence-corrected chi connectivity index (χ1v) is 10.1. The maximum atomic E-state index is 6.32. The van der Waals surface area contributed by atoms with E-state index in [1.807, 2.05) is 34.4 Å². The number of para-hydroxylation sites is 1. The summed E-state index contributed by atoms with van der Waals surface area (Å²) in [5, 5.41) is 10.5. The lowest BCUT2D eigenvalue weighted by Gasteiger charge is -2.25. The van der Waals surface area contributed by atoms with Crippen molar-refractivity contribution in [1.82, 2.24) is 14.4 Å². The fraction of sp³-hybridized carbons (Fsp3) is 0.0667. The van der Waals surface area contributed by atoms with Crippen molar-refractivity contribution in [3.63, 3.8) is 0 Å². The topological polar surface area (TPSA) is 60.0 Å². The molecule has 0 fully saturated rings. The van der Waals surface area contributed by atoms with Crippen LogP contribution in [0.5, 0.6) is 0 Å². The highest BCUT2D eigenvalue weighted by Gasteiger charge is 2.25. The van der Waals surface area contributed by atoms with E-state index in [0.29, 0.717) is 6.54 Å². The fourth-order valence-corrected chi connectivity index (χ4v) is 3.96. The summed E-state index contributed by atoms with van der Waals surface area (Å²) in [6.45, 7) is 0.636. The van der Waals surface area contributed by atoms with Gasteiger partial charge in [-0.3, -0.25) is 0 Å². The second-order valence-electron chi connectivity index (χ2n) is 5.03. The number of hydrogen-bond acceptors (Lipinski definition) is 5. The molecule has 2 aromatic carbocycles. The molecule has 2 heterocycles. The normalized spacial score (nSPS) is 12.9. The average molecular weight is 421 g/mol. The van der Waals surface area contributed by atoms with Crippen LogP contribution in [0, 0.1) is 0 Å². The molecule has 2 N–H and O–H groups in total. The lowest BCUT2D eigenvalue weighted by atomic mass is 9.97. The summed E-state index contributed by atoms with van der Waals surface area (Å²) < 4.78 is 1.84. The lowest BCUT2D eigenvalue weighted by molar-refractivity contribution is 0.852. The number of rotatable bonds is 1. The number of hydrazine groups is 1. The molecule has 0 amide bonds. The number of nitrogens with two attached hydrogens (primary N) is 1. The van der Waals surface area contributed by atoms with Gasteiger partial charge in [0.15, 0.2) is 0 Å². The molecule has 1 aromatic heterocycles. The second-order valence-corrected chi connectivity index (χ2v) is 6.70. The minimum absolute atomic E-state index is 0.636. The molecule has 0 spiro atoms. The molecule has 1 aliphatic heterocycles. The fourth-order valence-electron chi connectivity index (χ4n) is 2.81. The van der Waals surface area contributed by atoms with Crippen LogP contribution < -0.4 is 10.9 Å². The first-order valence-electron chi connectivity index (χ1n) is 6.74. The van der Waals surface area contributed by atoms with Gasteiger partial charge in [0.25, 0.3) is 0 Å². The van der Waals surface area contributed by atoms with Gasteiger partial charge in [0, 0.05) is 32.3 Å². The van der Waals surface area contributed by atoms with Gasteiger partial charge in [-0.25, -0.2) is 5.84 Å². The van der Waals surface area contributed by atoms with E-state index in [0.717, 1.165) is 33.8 Å². The Morgan fingerprint density at radius 2 is 1.77 bits per heavy atom. The van der Waals surface area contributed by atoms with Crippen LogP contribution in [0.15, 0.2) is 48.5 Å². The largest absolute Gasteiger partial charge is 0.306 e. The first-order chi connectivity index (χ1) is 10.8. The molecule has 0 saturated heterocycles. The zero-order chi connectivity index (χ0) is 15.1. The summed E-state index contributed by atoms with van der Waals surface area (Å²) >= 11 is 2.21. The minimum Gasteiger partial charge on any atom is -0.306 e. The van der Waals surface area contributed by atoms with E-state index in [1.165, 1.54) is 9.12 Å². The van der Waals surface area contributed by atoms with E-state index in [1.54, 1.807) is 5.01 Å². The predicted octanol–water partition coefficient (Wildman–Crippen LogP) is 3.65. The van der Waals surface area contributed by atoms with Gasteiger partial charge in [-0.15, -0.1) is 5.10 Å². The Morgan fingerprint density at radius 3 is 2.59 bits per heavy atom. The van der Waals surface area contributed by atoms with E-state index in [2.05, 4.69) is 49.7 Å². The molecule has 5 nitrogen and oxygen atoms in total. The van der Waals surface area contributed by atoms with Gasteiger partial charge < -0.3 is 5.01 Å². The number of benzene rings is 2. The Hall–Kier alpha value is -1.58. The molecule has 110 valence electrons. The zero-order valence-electron chi connectivity index (χ0n) is 11.5. The molecule has 0 bridgehead atoms. The van der Waals surface area contributed by atoms with Crippen LogP contribution in [0.2, 0.25) is 0 Å². The summed E-state index contributed by atoms with van der Waals surface area (Å²) in [4.78, 5) is 0. The van der Waals surface area contributed by atoms with Gasteiger partial charge in [0.1, 0.15) is 11.4 Å². The molecule has 0 radical (unpaired) electrons. The number of hydrogen-bond donors (Lipinski definition) is 1. The van der Waals surface area contributed by atoms with Crippen LogP contribution in [0.3, 0.4) is 0 Å². The van der Waals surface area contributed by atoms with Crippen molar-refractivity contribution in [1.29, 1.82) is 0 Å². The van der Waals surface area contributed by atoms with Gasteiger partial charge in [0.05, 0.1) is 21.4 Å². The number of fused-ring (bicyclic) bond motifs is 5. The Kier molecular flexibility index (Phi) is 3.55. The highest BCUT2D eigenvalue weighted by Crippen LogP contribution is 2.41. The summed E-state index contributed by atoms with van der Waals surface area (Å²) in [7, 11) is 1.50. The Balaban J connectivity index is 2.10. The molecule has 0 unspecified atom stereocenters. The van der Waals surface area contributed by atoms with Gasteiger partial charge in [-0.05, 0) is 11.6 Å². The Morgan fingerprint density at radius 1 is 1.05 bits per heavy atom. The maximum absolute atomic E-state index is 6.32. The van der Waals surface area contributed by atoms with Crippen LogP contribution in [0.4, 0.5) is 5.69 Å². The van der Waals surface area contributed by atoms with E-state index in [4.69, 9.17) is 5.84 Å². The molecule has 0 saturated carbocycles. The molecule has 7 heteroatoms. The minimum atomic E-state index is 0.636. The van der Waals surface area contributed by atoms with Crippen molar-refractivity contribution in [2.45, 2.75) is 6.54 Å². The smallest absolute Gasteiger partial charge is 0.122 e. The summed E-state index contributed by atoms with van der Waals surface area (Å²) in [5.41, 5.74) is 6.14. The van der Waals surface area contributed by atoms with Crippen molar-refractivity contribution >= 4 is 36.0 Å². The molecule has 3 aromatic rings. The van der Waals surface area contributed by atoms with Crippen LogP contribution in [0.1, 0.15) is 5.56 Å². The van der Waals surface area contributed by atoms with Gasteiger partial charge >= 0.3 is 0 Å².